The molecule has 1 atom stereocenters. The maximum atomic E-state index is 11.3. The van der Waals surface area contributed by atoms with E-state index in [0.29, 0.717) is 5.75 Å². The summed E-state index contributed by atoms with van der Waals surface area (Å²) >= 11 is 3.26. The summed E-state index contributed by atoms with van der Waals surface area (Å²) in [5.74, 6) is 1.43. The van der Waals surface area contributed by atoms with Crippen LogP contribution in [0.15, 0.2) is 23.1 Å². The zero-order valence-electron chi connectivity index (χ0n) is 9.60. The standard InChI is InChI=1S/C12H15NO2S2/c1-16-5-4-10(14)8-2-3-11-9(6-8)13-12(15)7-17-11/h2-3,6,10,14H,4-5,7H2,1H3,(H,13,15). The van der Waals surface area contributed by atoms with E-state index in [1.807, 2.05) is 24.5 Å². The molecular formula is C12H15NO2S2. The highest BCUT2D eigenvalue weighted by atomic mass is 32.2. The van der Waals surface area contributed by atoms with Crippen molar-refractivity contribution in [1.82, 2.24) is 0 Å². The third-order valence-electron chi connectivity index (χ3n) is 2.62. The monoisotopic (exact) mass is 269 g/mol. The maximum Gasteiger partial charge on any atom is 0.234 e. The van der Waals surface area contributed by atoms with Crippen LogP contribution in [0.5, 0.6) is 0 Å². The lowest BCUT2D eigenvalue weighted by Crippen LogP contribution is -2.18. The minimum Gasteiger partial charge on any atom is -0.388 e. The van der Waals surface area contributed by atoms with E-state index in [1.54, 1.807) is 11.8 Å². The summed E-state index contributed by atoms with van der Waals surface area (Å²) in [4.78, 5) is 12.4. The molecule has 0 bridgehead atoms. The molecule has 0 aliphatic carbocycles. The number of aliphatic hydroxyl groups is 1. The molecule has 17 heavy (non-hydrogen) atoms. The summed E-state index contributed by atoms with van der Waals surface area (Å²) in [6.45, 7) is 0. The molecule has 2 N–H and O–H groups in total. The first-order chi connectivity index (χ1) is 8.20. The van der Waals surface area contributed by atoms with Crippen LogP contribution in [-0.4, -0.2) is 28.8 Å². The second kappa shape index (κ2) is 5.80. The molecule has 5 heteroatoms. The summed E-state index contributed by atoms with van der Waals surface area (Å²) in [6.07, 6.45) is 2.31. The summed E-state index contributed by atoms with van der Waals surface area (Å²) in [7, 11) is 0. The molecule has 0 fully saturated rings. The summed E-state index contributed by atoms with van der Waals surface area (Å²) in [6, 6.07) is 5.79. The van der Waals surface area contributed by atoms with E-state index in [2.05, 4.69) is 5.32 Å². The van der Waals surface area contributed by atoms with Crippen molar-refractivity contribution in [2.45, 2.75) is 17.4 Å². The van der Waals surface area contributed by atoms with Crippen LogP contribution in [0.25, 0.3) is 0 Å². The van der Waals surface area contributed by atoms with Gasteiger partial charge in [-0.25, -0.2) is 0 Å². The third kappa shape index (κ3) is 3.18. The Morgan fingerprint density at radius 3 is 3.18 bits per heavy atom. The van der Waals surface area contributed by atoms with Crippen LogP contribution in [0.4, 0.5) is 5.69 Å². The molecular weight excluding hydrogens is 254 g/mol. The van der Waals surface area contributed by atoms with E-state index in [0.717, 1.165) is 28.3 Å². The van der Waals surface area contributed by atoms with Crippen molar-refractivity contribution in [3.63, 3.8) is 0 Å². The Hall–Kier alpha value is -0.650. The number of thioether (sulfide) groups is 2. The van der Waals surface area contributed by atoms with E-state index >= 15 is 0 Å². The molecule has 0 spiro atoms. The minimum absolute atomic E-state index is 0.0262. The second-order valence-corrected chi connectivity index (χ2v) is 5.89. The molecule has 0 radical (unpaired) electrons. The van der Waals surface area contributed by atoms with Crippen LogP contribution >= 0.6 is 23.5 Å². The molecule has 1 amide bonds. The van der Waals surface area contributed by atoms with E-state index < -0.39 is 6.10 Å². The second-order valence-electron chi connectivity index (χ2n) is 3.89. The van der Waals surface area contributed by atoms with Crippen molar-refractivity contribution in [3.05, 3.63) is 23.8 Å². The average Bonchev–Trinajstić information content (AvgIpc) is 2.35. The van der Waals surface area contributed by atoms with Crippen LogP contribution in [0.2, 0.25) is 0 Å². The predicted octanol–water partition coefficient (Wildman–Crippen LogP) is 2.52. The molecule has 1 aliphatic heterocycles. The lowest BCUT2D eigenvalue weighted by molar-refractivity contribution is -0.113. The fraction of sp³-hybridized carbons (Fsp3) is 0.417. The van der Waals surface area contributed by atoms with Gasteiger partial charge in [0, 0.05) is 4.90 Å². The zero-order valence-corrected chi connectivity index (χ0v) is 11.2. The van der Waals surface area contributed by atoms with Gasteiger partial charge in [-0.1, -0.05) is 6.07 Å². The number of carbonyl (C=O) groups excluding carboxylic acids is 1. The van der Waals surface area contributed by atoms with E-state index in [-0.39, 0.29) is 5.91 Å². The number of hydrogen-bond acceptors (Lipinski definition) is 4. The van der Waals surface area contributed by atoms with Crippen molar-refractivity contribution >= 4 is 35.1 Å². The van der Waals surface area contributed by atoms with E-state index in [4.69, 9.17) is 0 Å². The number of hydrogen-bond donors (Lipinski definition) is 2. The van der Waals surface area contributed by atoms with Crippen LogP contribution < -0.4 is 5.32 Å². The summed E-state index contributed by atoms with van der Waals surface area (Å²) < 4.78 is 0. The van der Waals surface area contributed by atoms with Gasteiger partial charge in [0.1, 0.15) is 0 Å². The fourth-order valence-electron chi connectivity index (χ4n) is 1.70. The van der Waals surface area contributed by atoms with Gasteiger partial charge >= 0.3 is 0 Å². The normalized spacial score (nSPS) is 16.2. The molecule has 0 saturated heterocycles. The molecule has 92 valence electrons. The summed E-state index contributed by atoms with van der Waals surface area (Å²) in [5, 5.41) is 12.8. The van der Waals surface area contributed by atoms with Crippen LogP contribution in [0, 0.1) is 0 Å². The maximum absolute atomic E-state index is 11.3. The molecule has 1 aromatic carbocycles. The van der Waals surface area contributed by atoms with Gasteiger partial charge in [-0.2, -0.15) is 11.8 Å². The number of aliphatic hydroxyl groups excluding tert-OH is 1. The van der Waals surface area contributed by atoms with Crippen LogP contribution in [0.3, 0.4) is 0 Å². The average molecular weight is 269 g/mol. The highest BCUT2D eigenvalue weighted by molar-refractivity contribution is 8.00. The number of carbonyl (C=O) groups is 1. The molecule has 3 nitrogen and oxygen atoms in total. The topological polar surface area (TPSA) is 49.3 Å². The Morgan fingerprint density at radius 1 is 1.59 bits per heavy atom. The Bertz CT molecular complexity index is 423. The molecule has 2 rings (SSSR count). The Morgan fingerprint density at radius 2 is 2.41 bits per heavy atom. The van der Waals surface area contributed by atoms with Gasteiger partial charge < -0.3 is 10.4 Å². The Balaban J connectivity index is 2.14. The van der Waals surface area contributed by atoms with E-state index in [1.165, 1.54) is 11.8 Å². The Labute approximate surface area is 109 Å². The van der Waals surface area contributed by atoms with Gasteiger partial charge in [-0.15, -0.1) is 11.8 Å². The third-order valence-corrected chi connectivity index (χ3v) is 4.33. The first kappa shape index (κ1) is 12.8. The van der Waals surface area contributed by atoms with Crippen molar-refractivity contribution in [2.75, 3.05) is 23.1 Å². The smallest absolute Gasteiger partial charge is 0.234 e. The van der Waals surface area contributed by atoms with E-state index in [9.17, 15) is 9.90 Å². The molecule has 1 aliphatic rings. The quantitative estimate of drug-likeness (QED) is 0.882. The number of fused-ring (bicyclic) bond motifs is 1. The van der Waals surface area contributed by atoms with Gasteiger partial charge in [0.25, 0.3) is 0 Å². The predicted molar refractivity (Wildman–Crippen MR) is 73.8 cm³/mol. The van der Waals surface area contributed by atoms with Gasteiger partial charge in [0.15, 0.2) is 0 Å². The van der Waals surface area contributed by atoms with Crippen molar-refractivity contribution in [1.29, 1.82) is 0 Å². The van der Waals surface area contributed by atoms with Crippen molar-refractivity contribution in [2.24, 2.45) is 0 Å². The van der Waals surface area contributed by atoms with Gasteiger partial charge in [-0.05, 0) is 36.1 Å². The van der Waals surface area contributed by atoms with Gasteiger partial charge in [-0.3, -0.25) is 4.79 Å². The fourth-order valence-corrected chi connectivity index (χ4v) is 2.95. The molecule has 0 aromatic heterocycles. The van der Waals surface area contributed by atoms with Crippen LogP contribution in [0.1, 0.15) is 18.1 Å². The first-order valence-electron chi connectivity index (χ1n) is 5.44. The molecule has 0 saturated carbocycles. The number of benzene rings is 1. The molecule has 1 aromatic rings. The number of rotatable bonds is 4. The van der Waals surface area contributed by atoms with Gasteiger partial charge in [0.05, 0.1) is 17.5 Å². The SMILES string of the molecule is CSCCC(O)c1ccc2c(c1)NC(=O)CS2. The Kier molecular flexibility index (Phi) is 4.36. The number of anilines is 1. The highest BCUT2D eigenvalue weighted by Gasteiger charge is 2.17. The number of amides is 1. The largest absolute Gasteiger partial charge is 0.388 e. The van der Waals surface area contributed by atoms with Crippen LogP contribution in [-0.2, 0) is 4.79 Å². The number of nitrogens with one attached hydrogen (secondary N) is 1. The highest BCUT2D eigenvalue weighted by Crippen LogP contribution is 2.33. The molecule has 1 heterocycles. The van der Waals surface area contributed by atoms with Crippen molar-refractivity contribution in [3.8, 4) is 0 Å². The minimum atomic E-state index is -0.448. The lowest BCUT2D eigenvalue weighted by Gasteiger charge is -2.18. The van der Waals surface area contributed by atoms with Gasteiger partial charge in [0.2, 0.25) is 5.91 Å². The molecule has 1 unspecified atom stereocenters. The van der Waals surface area contributed by atoms with Crippen molar-refractivity contribution < 1.29 is 9.90 Å². The first-order valence-corrected chi connectivity index (χ1v) is 7.82. The summed E-state index contributed by atoms with van der Waals surface area (Å²) in [5.41, 5.74) is 1.70. The zero-order chi connectivity index (χ0) is 12.3. The lowest BCUT2D eigenvalue weighted by atomic mass is 10.1.